The fourth-order valence-corrected chi connectivity index (χ4v) is 3.28. The smallest absolute Gasteiger partial charge is 0.376 e. The molecule has 2 aliphatic rings. The normalized spacial score (nSPS) is 31.7. The van der Waals surface area contributed by atoms with Crippen LogP contribution in [0.1, 0.15) is 0 Å². The lowest BCUT2D eigenvalue weighted by molar-refractivity contribution is -0.148. The fraction of sp³-hybridized carbons (Fsp3) is 0.400. The highest BCUT2D eigenvalue weighted by molar-refractivity contribution is 7.90. The Kier molecular flexibility index (Phi) is 2.57. The first kappa shape index (κ1) is 11.8. The van der Waals surface area contributed by atoms with E-state index in [1.807, 2.05) is 0 Å². The van der Waals surface area contributed by atoms with Crippen LogP contribution in [0.3, 0.4) is 0 Å². The zero-order chi connectivity index (χ0) is 12.7. The van der Waals surface area contributed by atoms with Crippen LogP contribution in [0.25, 0.3) is 0 Å². The minimum Gasteiger partial charge on any atom is -0.376 e. The predicted molar refractivity (Wildman–Crippen MR) is 58.8 cm³/mol. The Hall–Kier alpha value is -1.63. The Labute approximate surface area is 98.2 Å². The number of sulfone groups is 1. The van der Waals surface area contributed by atoms with Crippen LogP contribution in [-0.4, -0.2) is 38.5 Å². The minimum atomic E-state index is -3.39. The molecule has 17 heavy (non-hydrogen) atoms. The van der Waals surface area contributed by atoms with Crippen molar-refractivity contribution in [3.05, 3.63) is 24.3 Å². The molecule has 7 heteroatoms. The molecule has 1 heterocycles. The molecule has 0 saturated carbocycles. The molecular weight excluding hydrogens is 246 g/mol. The number of alkyl carbamates (subject to hydrolysis) is 1. The Morgan fingerprint density at radius 2 is 2.12 bits per heavy atom. The van der Waals surface area contributed by atoms with Crippen molar-refractivity contribution in [2.24, 2.45) is 5.41 Å². The van der Waals surface area contributed by atoms with E-state index in [2.05, 4.69) is 10.1 Å². The maximum atomic E-state index is 11.8. The summed E-state index contributed by atoms with van der Waals surface area (Å²) >= 11 is 0. The molecule has 2 rings (SSSR count). The summed E-state index contributed by atoms with van der Waals surface area (Å²) in [4.78, 5) is 22.9. The molecule has 0 spiro atoms. The molecule has 6 nitrogen and oxygen atoms in total. The van der Waals surface area contributed by atoms with Gasteiger partial charge in [-0.1, -0.05) is 24.3 Å². The van der Waals surface area contributed by atoms with Crippen molar-refractivity contribution < 1.29 is 22.7 Å². The van der Waals surface area contributed by atoms with Crippen LogP contribution in [0.4, 0.5) is 4.79 Å². The summed E-state index contributed by atoms with van der Waals surface area (Å²) in [7, 11) is -3.39. The molecule has 1 aliphatic carbocycles. The van der Waals surface area contributed by atoms with Crippen LogP contribution >= 0.6 is 0 Å². The maximum Gasteiger partial charge on any atom is 0.415 e. The Morgan fingerprint density at radius 3 is 2.76 bits per heavy atom. The third-order valence-corrected chi connectivity index (χ3v) is 3.71. The van der Waals surface area contributed by atoms with Gasteiger partial charge in [-0.25, -0.2) is 13.2 Å². The second kappa shape index (κ2) is 3.69. The largest absolute Gasteiger partial charge is 0.415 e. The molecule has 0 aromatic carbocycles. The van der Waals surface area contributed by atoms with Gasteiger partial charge in [0.1, 0.15) is 15.3 Å². The zero-order valence-corrected chi connectivity index (χ0v) is 9.86. The van der Waals surface area contributed by atoms with Crippen molar-refractivity contribution in [3.63, 3.8) is 0 Å². The van der Waals surface area contributed by atoms with E-state index in [1.54, 1.807) is 18.2 Å². The number of hydrogen-bond acceptors (Lipinski definition) is 5. The molecule has 0 radical (unpaired) electrons. The lowest BCUT2D eigenvalue weighted by atomic mass is 9.78. The van der Waals surface area contributed by atoms with Crippen LogP contribution < -0.4 is 5.32 Å². The Balaban J connectivity index is 2.45. The number of fused-ring (bicyclic) bond motifs is 1. The molecule has 0 bridgehead atoms. The average molecular weight is 257 g/mol. The first-order valence-electron chi connectivity index (χ1n) is 4.90. The second-order valence-corrected chi connectivity index (χ2v) is 6.29. The maximum absolute atomic E-state index is 11.8. The summed E-state index contributed by atoms with van der Waals surface area (Å²) in [6.07, 6.45) is 6.42. The van der Waals surface area contributed by atoms with E-state index in [0.29, 0.717) is 0 Å². The zero-order valence-electron chi connectivity index (χ0n) is 9.04. The van der Waals surface area contributed by atoms with Gasteiger partial charge in [0.25, 0.3) is 0 Å². The third-order valence-electron chi connectivity index (χ3n) is 2.70. The number of nitrogens with one attached hydrogen (secondary N) is 1. The molecule has 1 fully saturated rings. The van der Waals surface area contributed by atoms with Crippen LogP contribution in [0, 0.1) is 5.41 Å². The molecular formula is C10H11NO5S. The third kappa shape index (κ3) is 2.10. The quantitative estimate of drug-likeness (QED) is 0.545. The summed E-state index contributed by atoms with van der Waals surface area (Å²) in [6, 6.07) is -0.684. The lowest BCUT2D eigenvalue weighted by Gasteiger charge is -2.38. The van der Waals surface area contributed by atoms with Crippen molar-refractivity contribution >= 4 is 21.9 Å². The molecule has 1 amide bonds. The van der Waals surface area contributed by atoms with Gasteiger partial charge in [-0.15, -0.1) is 0 Å². The highest BCUT2D eigenvalue weighted by Crippen LogP contribution is 2.34. The van der Waals surface area contributed by atoms with E-state index in [4.69, 9.17) is 0 Å². The van der Waals surface area contributed by atoms with Gasteiger partial charge >= 0.3 is 12.1 Å². The van der Waals surface area contributed by atoms with Gasteiger partial charge in [-0.05, 0) is 0 Å². The minimum absolute atomic E-state index is 0.398. The monoisotopic (exact) mass is 257 g/mol. The van der Waals surface area contributed by atoms with E-state index < -0.39 is 39.1 Å². The molecule has 1 N–H and O–H groups in total. The van der Waals surface area contributed by atoms with Gasteiger partial charge in [0.05, 0.1) is 11.8 Å². The SMILES string of the molecule is CS(=O)(=O)CC12C=CC=CC1NC(=O)OC2=O. The van der Waals surface area contributed by atoms with Crippen LogP contribution in [0.5, 0.6) is 0 Å². The number of carbonyl (C=O) groups excluding carboxylic acids is 2. The summed E-state index contributed by atoms with van der Waals surface area (Å²) in [5.74, 6) is -1.23. The van der Waals surface area contributed by atoms with E-state index in [-0.39, 0.29) is 0 Å². The Morgan fingerprint density at radius 1 is 1.41 bits per heavy atom. The van der Waals surface area contributed by atoms with E-state index in [1.165, 1.54) is 6.08 Å². The second-order valence-electron chi connectivity index (χ2n) is 4.15. The van der Waals surface area contributed by atoms with Crippen molar-refractivity contribution in [2.45, 2.75) is 6.04 Å². The van der Waals surface area contributed by atoms with Crippen LogP contribution in [-0.2, 0) is 19.4 Å². The topological polar surface area (TPSA) is 89.5 Å². The number of esters is 1. The number of carbonyl (C=O) groups is 2. The van der Waals surface area contributed by atoms with Crippen molar-refractivity contribution in [2.75, 3.05) is 12.0 Å². The summed E-state index contributed by atoms with van der Waals surface area (Å²) < 4.78 is 27.3. The molecule has 0 aromatic rings. The predicted octanol–water partition coefficient (Wildman–Crippen LogP) is -0.222. The van der Waals surface area contributed by atoms with Gasteiger partial charge in [-0.3, -0.25) is 4.79 Å². The number of rotatable bonds is 2. The Bertz CT molecular complexity index is 533. The molecule has 92 valence electrons. The number of ether oxygens (including phenoxy) is 1. The number of cyclic esters (lactones) is 2. The number of hydrogen-bond donors (Lipinski definition) is 1. The fourth-order valence-electron chi connectivity index (χ4n) is 2.02. The lowest BCUT2D eigenvalue weighted by Crippen LogP contribution is -2.60. The molecule has 1 aliphatic heterocycles. The van der Waals surface area contributed by atoms with E-state index >= 15 is 0 Å². The average Bonchev–Trinajstić information content (AvgIpc) is 2.17. The highest BCUT2D eigenvalue weighted by Gasteiger charge is 2.52. The molecule has 2 atom stereocenters. The van der Waals surface area contributed by atoms with Crippen LogP contribution in [0.15, 0.2) is 24.3 Å². The van der Waals surface area contributed by atoms with Gasteiger partial charge in [0, 0.05) is 6.26 Å². The first-order chi connectivity index (χ1) is 7.83. The summed E-state index contributed by atoms with van der Waals surface area (Å²) in [5, 5.41) is 2.43. The van der Waals surface area contributed by atoms with Crippen LogP contribution in [0.2, 0.25) is 0 Å². The first-order valence-corrected chi connectivity index (χ1v) is 6.96. The van der Waals surface area contributed by atoms with E-state index in [0.717, 1.165) is 6.26 Å². The van der Waals surface area contributed by atoms with Gasteiger partial charge in [0.2, 0.25) is 0 Å². The van der Waals surface area contributed by atoms with Crippen molar-refractivity contribution in [1.29, 1.82) is 0 Å². The van der Waals surface area contributed by atoms with Gasteiger partial charge in [-0.2, -0.15) is 0 Å². The summed E-state index contributed by atoms with van der Waals surface area (Å²) in [5.41, 5.74) is -1.35. The number of amides is 1. The standard InChI is InChI=1S/C10H11NO5S/c1-17(14,15)6-10-5-3-2-4-7(10)11-9(13)16-8(10)12/h2-5,7H,6H2,1H3,(H,11,13). The highest BCUT2D eigenvalue weighted by atomic mass is 32.2. The summed E-state index contributed by atoms with van der Waals surface area (Å²) in [6.45, 7) is 0. The van der Waals surface area contributed by atoms with Crippen molar-refractivity contribution in [1.82, 2.24) is 5.32 Å². The molecule has 0 aromatic heterocycles. The molecule has 1 saturated heterocycles. The molecule has 2 unspecified atom stereocenters. The van der Waals surface area contributed by atoms with Gasteiger partial charge in [0.15, 0.2) is 0 Å². The van der Waals surface area contributed by atoms with Crippen molar-refractivity contribution in [3.8, 4) is 0 Å². The van der Waals surface area contributed by atoms with E-state index in [9.17, 15) is 18.0 Å². The van der Waals surface area contributed by atoms with Gasteiger partial charge < -0.3 is 10.1 Å². The number of allylic oxidation sites excluding steroid dienone is 2.